The predicted molar refractivity (Wildman–Crippen MR) is 135 cm³/mol. The molecule has 2 aromatic carbocycles. The van der Waals surface area contributed by atoms with E-state index in [2.05, 4.69) is 5.32 Å². The van der Waals surface area contributed by atoms with Gasteiger partial charge in [-0.2, -0.15) is 0 Å². The number of ether oxygens (including phenoxy) is 1. The second-order valence-corrected chi connectivity index (χ2v) is 9.33. The molecule has 0 fully saturated rings. The molecule has 34 heavy (non-hydrogen) atoms. The Balaban J connectivity index is 2.11. The summed E-state index contributed by atoms with van der Waals surface area (Å²) in [6.07, 6.45) is 0.499. The highest BCUT2D eigenvalue weighted by Crippen LogP contribution is 2.20. The number of benzene rings is 2. The van der Waals surface area contributed by atoms with Crippen LogP contribution in [0, 0.1) is 16.0 Å². The second-order valence-electron chi connectivity index (χ2n) is 8.35. The van der Waals surface area contributed by atoms with Crippen molar-refractivity contribution in [3.05, 3.63) is 69.8 Å². The van der Waals surface area contributed by atoms with Gasteiger partial charge in [-0.3, -0.25) is 19.7 Å². The van der Waals surface area contributed by atoms with Crippen molar-refractivity contribution >= 4 is 29.3 Å². The van der Waals surface area contributed by atoms with Crippen LogP contribution in [0.2, 0.25) is 0 Å². The van der Waals surface area contributed by atoms with Crippen molar-refractivity contribution in [3.63, 3.8) is 0 Å². The highest BCUT2D eigenvalue weighted by atomic mass is 32.2. The lowest BCUT2D eigenvalue weighted by Crippen LogP contribution is -2.50. The maximum absolute atomic E-state index is 13.3. The van der Waals surface area contributed by atoms with Crippen LogP contribution in [0.3, 0.4) is 0 Å². The van der Waals surface area contributed by atoms with Gasteiger partial charge in [-0.05, 0) is 35.6 Å². The Labute approximate surface area is 205 Å². The SMILES string of the molecule is CCC(C(=O)NCC(C)C)N(Cc1ccc(OC)cc1)C(=O)CSCc1ccc([N+](=O)[O-])cc1. The van der Waals surface area contributed by atoms with Gasteiger partial charge in [-0.1, -0.05) is 45.0 Å². The summed E-state index contributed by atoms with van der Waals surface area (Å²) in [4.78, 5) is 38.2. The molecular weight excluding hydrogens is 454 g/mol. The molecule has 2 rings (SSSR count). The lowest BCUT2D eigenvalue weighted by molar-refractivity contribution is -0.384. The van der Waals surface area contributed by atoms with E-state index in [9.17, 15) is 19.7 Å². The standard InChI is InChI=1S/C25H33N3O5S/c1-5-23(25(30)26-14-18(2)3)27(15-19-8-12-22(33-4)13-9-19)24(29)17-34-16-20-6-10-21(11-7-20)28(31)32/h6-13,18,23H,5,14-17H2,1-4H3,(H,26,30). The van der Waals surface area contributed by atoms with Crippen molar-refractivity contribution in [2.75, 3.05) is 19.4 Å². The summed E-state index contributed by atoms with van der Waals surface area (Å²) in [7, 11) is 1.60. The van der Waals surface area contributed by atoms with Crippen molar-refractivity contribution < 1.29 is 19.2 Å². The number of nitrogens with one attached hydrogen (secondary N) is 1. The average Bonchev–Trinajstić information content (AvgIpc) is 2.83. The Kier molecular flexibility index (Phi) is 10.9. The molecule has 0 aliphatic rings. The second kappa shape index (κ2) is 13.6. The van der Waals surface area contributed by atoms with Crippen molar-refractivity contribution in [2.45, 2.75) is 45.5 Å². The molecule has 0 aliphatic heterocycles. The number of carbonyl (C=O) groups is 2. The number of thioether (sulfide) groups is 1. The van der Waals surface area contributed by atoms with Gasteiger partial charge < -0.3 is 15.0 Å². The largest absolute Gasteiger partial charge is 0.497 e. The molecule has 0 saturated heterocycles. The summed E-state index contributed by atoms with van der Waals surface area (Å²) < 4.78 is 5.21. The van der Waals surface area contributed by atoms with Gasteiger partial charge in [0, 0.05) is 31.0 Å². The number of rotatable bonds is 13. The first-order valence-corrected chi connectivity index (χ1v) is 12.4. The van der Waals surface area contributed by atoms with Gasteiger partial charge in [0.2, 0.25) is 11.8 Å². The molecule has 0 heterocycles. The normalized spacial score (nSPS) is 11.7. The molecule has 2 amide bonds. The van der Waals surface area contributed by atoms with Gasteiger partial charge in [0.05, 0.1) is 17.8 Å². The Hall–Kier alpha value is -3.07. The lowest BCUT2D eigenvalue weighted by Gasteiger charge is -2.31. The first-order chi connectivity index (χ1) is 16.2. The zero-order chi connectivity index (χ0) is 25.1. The smallest absolute Gasteiger partial charge is 0.269 e. The molecule has 184 valence electrons. The summed E-state index contributed by atoms with van der Waals surface area (Å²) in [6.45, 7) is 6.81. The Bertz CT molecular complexity index is 948. The van der Waals surface area contributed by atoms with E-state index in [1.165, 1.54) is 23.9 Å². The van der Waals surface area contributed by atoms with E-state index >= 15 is 0 Å². The van der Waals surface area contributed by atoms with Gasteiger partial charge in [-0.25, -0.2) is 0 Å². The Morgan fingerprint density at radius 2 is 1.71 bits per heavy atom. The van der Waals surface area contributed by atoms with E-state index in [1.807, 2.05) is 45.0 Å². The van der Waals surface area contributed by atoms with Gasteiger partial charge in [0.25, 0.3) is 5.69 Å². The molecule has 2 aromatic rings. The third kappa shape index (κ3) is 8.37. The summed E-state index contributed by atoms with van der Waals surface area (Å²) in [5.74, 6) is 1.48. The van der Waals surface area contributed by atoms with Crippen LogP contribution in [0.25, 0.3) is 0 Å². The minimum atomic E-state index is -0.576. The molecule has 0 bridgehead atoms. The van der Waals surface area contributed by atoms with Crippen LogP contribution in [0.1, 0.15) is 38.3 Å². The zero-order valence-electron chi connectivity index (χ0n) is 20.2. The molecule has 1 N–H and O–H groups in total. The van der Waals surface area contributed by atoms with Crippen LogP contribution in [-0.4, -0.2) is 47.1 Å². The van der Waals surface area contributed by atoms with Gasteiger partial charge in [0.1, 0.15) is 11.8 Å². The number of hydrogen-bond acceptors (Lipinski definition) is 6. The fourth-order valence-electron chi connectivity index (χ4n) is 3.32. The first-order valence-electron chi connectivity index (χ1n) is 11.3. The number of non-ortho nitro benzene ring substituents is 1. The molecule has 0 aromatic heterocycles. The molecular formula is C25H33N3O5S. The molecule has 0 spiro atoms. The molecule has 0 saturated carbocycles. The summed E-state index contributed by atoms with van der Waals surface area (Å²) in [5.41, 5.74) is 1.84. The zero-order valence-corrected chi connectivity index (χ0v) is 21.0. The van der Waals surface area contributed by atoms with Crippen LogP contribution in [0.15, 0.2) is 48.5 Å². The highest BCUT2D eigenvalue weighted by Gasteiger charge is 2.28. The lowest BCUT2D eigenvalue weighted by atomic mass is 10.1. The number of nitro groups is 1. The van der Waals surface area contributed by atoms with E-state index in [1.54, 1.807) is 24.1 Å². The topological polar surface area (TPSA) is 102 Å². The Morgan fingerprint density at radius 1 is 1.09 bits per heavy atom. The van der Waals surface area contributed by atoms with E-state index in [4.69, 9.17) is 4.74 Å². The van der Waals surface area contributed by atoms with Crippen molar-refractivity contribution in [2.24, 2.45) is 5.92 Å². The number of hydrogen-bond donors (Lipinski definition) is 1. The van der Waals surface area contributed by atoms with Gasteiger partial charge in [-0.15, -0.1) is 11.8 Å². The van der Waals surface area contributed by atoms with E-state index in [-0.39, 0.29) is 23.3 Å². The molecule has 1 unspecified atom stereocenters. The van der Waals surface area contributed by atoms with Gasteiger partial charge >= 0.3 is 0 Å². The van der Waals surface area contributed by atoms with Crippen molar-refractivity contribution in [3.8, 4) is 5.75 Å². The third-order valence-electron chi connectivity index (χ3n) is 5.22. The predicted octanol–water partition coefficient (Wildman–Crippen LogP) is 4.42. The van der Waals surface area contributed by atoms with E-state index in [0.29, 0.717) is 31.2 Å². The first kappa shape index (κ1) is 27.2. The monoisotopic (exact) mass is 487 g/mol. The number of amides is 2. The number of methoxy groups -OCH3 is 1. The fraction of sp³-hybridized carbons (Fsp3) is 0.440. The van der Waals surface area contributed by atoms with E-state index in [0.717, 1.165) is 16.9 Å². The molecule has 8 nitrogen and oxygen atoms in total. The quantitative estimate of drug-likeness (QED) is 0.332. The van der Waals surface area contributed by atoms with Crippen molar-refractivity contribution in [1.82, 2.24) is 10.2 Å². The average molecular weight is 488 g/mol. The maximum atomic E-state index is 13.3. The number of carbonyl (C=O) groups excluding carboxylic acids is 2. The van der Waals surface area contributed by atoms with Crippen LogP contribution in [0.5, 0.6) is 5.75 Å². The highest BCUT2D eigenvalue weighted by molar-refractivity contribution is 7.99. The molecule has 9 heteroatoms. The Morgan fingerprint density at radius 3 is 2.24 bits per heavy atom. The minimum Gasteiger partial charge on any atom is -0.497 e. The molecule has 0 aliphatic carbocycles. The molecule has 0 radical (unpaired) electrons. The number of nitrogens with zero attached hydrogens (tertiary/aromatic N) is 2. The summed E-state index contributed by atoms with van der Waals surface area (Å²) in [6, 6.07) is 13.2. The van der Waals surface area contributed by atoms with Gasteiger partial charge in [0.15, 0.2) is 0 Å². The maximum Gasteiger partial charge on any atom is 0.269 e. The van der Waals surface area contributed by atoms with Crippen molar-refractivity contribution in [1.29, 1.82) is 0 Å². The summed E-state index contributed by atoms with van der Waals surface area (Å²) in [5, 5.41) is 13.8. The van der Waals surface area contributed by atoms with E-state index < -0.39 is 11.0 Å². The van der Waals surface area contributed by atoms with Crippen LogP contribution < -0.4 is 10.1 Å². The van der Waals surface area contributed by atoms with Crippen LogP contribution in [0.4, 0.5) is 5.69 Å². The number of nitro benzene ring substituents is 1. The van der Waals surface area contributed by atoms with Crippen LogP contribution in [-0.2, 0) is 21.9 Å². The molecule has 1 atom stereocenters. The van der Waals surface area contributed by atoms with Crippen LogP contribution >= 0.6 is 11.8 Å². The minimum absolute atomic E-state index is 0.0358. The third-order valence-corrected chi connectivity index (χ3v) is 6.21. The summed E-state index contributed by atoms with van der Waals surface area (Å²) >= 11 is 1.42. The fourth-order valence-corrected chi connectivity index (χ4v) is 4.19.